The van der Waals surface area contributed by atoms with Crippen molar-refractivity contribution < 1.29 is 0 Å². The zero-order valence-electron chi connectivity index (χ0n) is 13.8. The number of hydrogen-bond acceptors (Lipinski definition) is 0. The highest BCUT2D eigenvalue weighted by molar-refractivity contribution is 5.66. The van der Waals surface area contributed by atoms with Gasteiger partial charge in [0.25, 0.3) is 0 Å². The van der Waals surface area contributed by atoms with E-state index in [0.717, 1.165) is 0 Å². The lowest BCUT2D eigenvalue weighted by Crippen LogP contribution is -2.12. The fraction of sp³-hybridized carbons (Fsp3) is 0.217. The normalized spacial score (nSPS) is 18.6. The lowest BCUT2D eigenvalue weighted by molar-refractivity contribution is 0.499. The number of rotatable bonds is 2. The van der Waals surface area contributed by atoms with Gasteiger partial charge < -0.3 is 0 Å². The second-order valence-electron chi connectivity index (χ2n) is 7.22. The quantitative estimate of drug-likeness (QED) is 0.531. The van der Waals surface area contributed by atoms with Crippen molar-refractivity contribution in [2.45, 2.75) is 31.6 Å². The van der Waals surface area contributed by atoms with Crippen LogP contribution >= 0.6 is 0 Å². The Kier molecular flexibility index (Phi) is 3.34. The molecule has 0 amide bonds. The van der Waals surface area contributed by atoms with E-state index in [1.165, 1.54) is 34.2 Å². The molecule has 0 saturated carbocycles. The number of benzene rings is 3. The maximum atomic E-state index is 2.41. The van der Waals surface area contributed by atoms with Crippen LogP contribution in [-0.4, -0.2) is 0 Å². The Morgan fingerprint density at radius 2 is 1.39 bits per heavy atom. The van der Waals surface area contributed by atoms with E-state index >= 15 is 0 Å². The predicted octanol–water partition coefficient (Wildman–Crippen LogP) is 6.17. The predicted molar refractivity (Wildman–Crippen MR) is 97.8 cm³/mol. The van der Waals surface area contributed by atoms with Crippen molar-refractivity contribution in [1.82, 2.24) is 0 Å². The fourth-order valence-corrected chi connectivity index (χ4v) is 3.97. The standard InChI is InChI=1S/C23H22/c1-23(2)16-21(18-11-7-4-8-12-18)20-14-13-19(15-22(20)23)17-9-5-3-6-10-17/h3-15,21H,16H2,1-2H3. The Balaban J connectivity index is 1.82. The van der Waals surface area contributed by atoms with Gasteiger partial charge in [0.2, 0.25) is 0 Å². The molecule has 0 aromatic heterocycles. The smallest absolute Gasteiger partial charge is 0.0101 e. The van der Waals surface area contributed by atoms with Crippen LogP contribution in [-0.2, 0) is 5.41 Å². The Morgan fingerprint density at radius 1 is 0.739 bits per heavy atom. The molecule has 0 radical (unpaired) electrons. The summed E-state index contributed by atoms with van der Waals surface area (Å²) in [6.07, 6.45) is 1.19. The summed E-state index contributed by atoms with van der Waals surface area (Å²) in [5.41, 5.74) is 7.29. The molecule has 3 aromatic carbocycles. The van der Waals surface area contributed by atoms with Gasteiger partial charge in [-0.25, -0.2) is 0 Å². The van der Waals surface area contributed by atoms with E-state index in [0.29, 0.717) is 5.92 Å². The first-order chi connectivity index (χ1) is 11.1. The molecule has 1 aliphatic rings. The summed E-state index contributed by atoms with van der Waals surface area (Å²) in [7, 11) is 0. The molecule has 0 fully saturated rings. The van der Waals surface area contributed by atoms with E-state index in [9.17, 15) is 0 Å². The summed E-state index contributed by atoms with van der Waals surface area (Å²) in [4.78, 5) is 0. The van der Waals surface area contributed by atoms with E-state index in [1.807, 2.05) is 0 Å². The molecule has 3 aromatic rings. The highest BCUT2D eigenvalue weighted by atomic mass is 14.4. The first-order valence-corrected chi connectivity index (χ1v) is 8.40. The largest absolute Gasteiger partial charge is 0.0622 e. The van der Waals surface area contributed by atoms with Crippen LogP contribution in [0, 0.1) is 0 Å². The van der Waals surface area contributed by atoms with Gasteiger partial charge in [0.05, 0.1) is 0 Å². The summed E-state index contributed by atoms with van der Waals surface area (Å²) >= 11 is 0. The summed E-state index contributed by atoms with van der Waals surface area (Å²) in [5, 5.41) is 0. The molecular formula is C23H22. The fourth-order valence-electron chi connectivity index (χ4n) is 3.97. The molecule has 114 valence electrons. The molecule has 1 aliphatic carbocycles. The molecule has 1 atom stereocenters. The third kappa shape index (κ3) is 2.49. The van der Waals surface area contributed by atoms with Crippen molar-refractivity contribution in [3.8, 4) is 11.1 Å². The van der Waals surface area contributed by atoms with Crippen LogP contribution in [0.5, 0.6) is 0 Å². The second-order valence-corrected chi connectivity index (χ2v) is 7.22. The van der Waals surface area contributed by atoms with Gasteiger partial charge in [-0.15, -0.1) is 0 Å². The molecule has 0 spiro atoms. The van der Waals surface area contributed by atoms with Gasteiger partial charge in [0, 0.05) is 5.92 Å². The average Bonchev–Trinajstić information content (AvgIpc) is 2.87. The van der Waals surface area contributed by atoms with Gasteiger partial charge in [-0.1, -0.05) is 92.7 Å². The van der Waals surface area contributed by atoms with Gasteiger partial charge in [0.1, 0.15) is 0 Å². The van der Waals surface area contributed by atoms with Gasteiger partial charge in [-0.3, -0.25) is 0 Å². The van der Waals surface area contributed by atoms with Crippen LogP contribution in [0.3, 0.4) is 0 Å². The zero-order chi connectivity index (χ0) is 15.9. The van der Waals surface area contributed by atoms with E-state index in [2.05, 4.69) is 92.7 Å². The average molecular weight is 298 g/mol. The van der Waals surface area contributed by atoms with Crippen molar-refractivity contribution in [1.29, 1.82) is 0 Å². The van der Waals surface area contributed by atoms with Crippen molar-refractivity contribution >= 4 is 0 Å². The van der Waals surface area contributed by atoms with Crippen molar-refractivity contribution in [2.75, 3.05) is 0 Å². The van der Waals surface area contributed by atoms with E-state index < -0.39 is 0 Å². The summed E-state index contributed by atoms with van der Waals surface area (Å²) in [5.74, 6) is 0.519. The van der Waals surface area contributed by atoms with Crippen LogP contribution in [0.2, 0.25) is 0 Å². The van der Waals surface area contributed by atoms with E-state index in [-0.39, 0.29) is 5.41 Å². The highest BCUT2D eigenvalue weighted by Crippen LogP contribution is 2.49. The molecule has 0 saturated heterocycles. The molecule has 0 heterocycles. The molecule has 4 rings (SSSR count). The van der Waals surface area contributed by atoms with Crippen molar-refractivity contribution in [3.05, 3.63) is 95.6 Å². The maximum absolute atomic E-state index is 2.41. The monoisotopic (exact) mass is 298 g/mol. The Bertz CT molecular complexity index is 813. The van der Waals surface area contributed by atoms with Gasteiger partial charge in [0.15, 0.2) is 0 Å². The third-order valence-electron chi connectivity index (χ3n) is 5.18. The zero-order valence-corrected chi connectivity index (χ0v) is 13.8. The molecule has 0 bridgehead atoms. The first kappa shape index (κ1) is 14.3. The number of fused-ring (bicyclic) bond motifs is 1. The third-order valence-corrected chi connectivity index (χ3v) is 5.18. The maximum Gasteiger partial charge on any atom is 0.0101 e. The molecule has 0 aliphatic heterocycles. The minimum atomic E-state index is 0.223. The Hall–Kier alpha value is -2.34. The van der Waals surface area contributed by atoms with E-state index in [1.54, 1.807) is 0 Å². The lowest BCUT2D eigenvalue weighted by Gasteiger charge is -2.20. The Labute approximate surface area is 138 Å². The summed E-state index contributed by atoms with van der Waals surface area (Å²) in [6, 6.07) is 28.7. The first-order valence-electron chi connectivity index (χ1n) is 8.40. The minimum absolute atomic E-state index is 0.223. The minimum Gasteiger partial charge on any atom is -0.0622 e. The van der Waals surface area contributed by atoms with Crippen LogP contribution < -0.4 is 0 Å². The van der Waals surface area contributed by atoms with Crippen molar-refractivity contribution in [2.24, 2.45) is 0 Å². The SMILES string of the molecule is CC1(C)CC(c2ccccc2)c2ccc(-c3ccccc3)cc21. The van der Waals surface area contributed by atoms with Gasteiger partial charge in [-0.2, -0.15) is 0 Å². The molecule has 0 N–H and O–H groups in total. The topological polar surface area (TPSA) is 0 Å². The van der Waals surface area contributed by atoms with Gasteiger partial charge >= 0.3 is 0 Å². The number of hydrogen-bond donors (Lipinski definition) is 0. The lowest BCUT2D eigenvalue weighted by atomic mass is 9.84. The Morgan fingerprint density at radius 3 is 2.09 bits per heavy atom. The van der Waals surface area contributed by atoms with E-state index in [4.69, 9.17) is 0 Å². The second kappa shape index (κ2) is 5.38. The molecule has 23 heavy (non-hydrogen) atoms. The van der Waals surface area contributed by atoms with Crippen LogP contribution in [0.1, 0.15) is 42.9 Å². The van der Waals surface area contributed by atoms with Gasteiger partial charge in [-0.05, 0) is 39.7 Å². The summed E-state index contributed by atoms with van der Waals surface area (Å²) in [6.45, 7) is 4.76. The van der Waals surface area contributed by atoms with Crippen molar-refractivity contribution in [3.63, 3.8) is 0 Å². The molecule has 0 nitrogen and oxygen atoms in total. The molecular weight excluding hydrogens is 276 g/mol. The van der Waals surface area contributed by atoms with Crippen LogP contribution in [0.15, 0.2) is 78.9 Å². The summed E-state index contributed by atoms with van der Waals surface area (Å²) < 4.78 is 0. The molecule has 0 heteroatoms. The van der Waals surface area contributed by atoms with Crippen LogP contribution in [0.25, 0.3) is 11.1 Å². The highest BCUT2D eigenvalue weighted by Gasteiger charge is 2.37. The van der Waals surface area contributed by atoms with Crippen LogP contribution in [0.4, 0.5) is 0 Å². The molecule has 1 unspecified atom stereocenters.